The summed E-state index contributed by atoms with van der Waals surface area (Å²) in [6, 6.07) is 4.14. The summed E-state index contributed by atoms with van der Waals surface area (Å²) in [5.74, 6) is 0. The van der Waals surface area contributed by atoms with Gasteiger partial charge >= 0.3 is 12.3 Å². The van der Waals surface area contributed by atoms with Crippen LogP contribution in [0.15, 0.2) is 24.3 Å². The summed E-state index contributed by atoms with van der Waals surface area (Å²) >= 11 is 0. The molecule has 0 spiro atoms. The maximum Gasteiger partial charge on any atom is 0.416 e. The van der Waals surface area contributed by atoms with E-state index in [1.807, 2.05) is 0 Å². The van der Waals surface area contributed by atoms with Gasteiger partial charge < -0.3 is 15.4 Å². The van der Waals surface area contributed by atoms with Crippen molar-refractivity contribution in [1.82, 2.24) is 4.90 Å². The highest BCUT2D eigenvalue weighted by Crippen LogP contribution is 2.30. The maximum absolute atomic E-state index is 12.6. The minimum absolute atomic E-state index is 0. The number of alkyl halides is 3. The van der Waals surface area contributed by atoms with E-state index in [1.54, 1.807) is 0 Å². The molecule has 0 radical (unpaired) electrons. The third-order valence-corrected chi connectivity index (χ3v) is 2.90. The van der Waals surface area contributed by atoms with E-state index < -0.39 is 23.9 Å². The van der Waals surface area contributed by atoms with Gasteiger partial charge in [-0.15, -0.1) is 12.4 Å². The molecule has 0 saturated carbocycles. The van der Waals surface area contributed by atoms with Crippen LogP contribution in [0.3, 0.4) is 0 Å². The minimum atomic E-state index is -4.40. The summed E-state index contributed by atoms with van der Waals surface area (Å²) in [6.45, 7) is 0.833. The zero-order valence-corrected chi connectivity index (χ0v) is 11.2. The first-order valence-electron chi connectivity index (χ1n) is 5.72. The van der Waals surface area contributed by atoms with Crippen LogP contribution in [0.2, 0.25) is 0 Å². The Morgan fingerprint density at radius 1 is 1.40 bits per heavy atom. The molecule has 0 aliphatic carbocycles. The summed E-state index contributed by atoms with van der Waals surface area (Å²) in [5, 5.41) is 0. The Hall–Kier alpha value is -1.47. The second kappa shape index (κ2) is 6.32. The highest BCUT2D eigenvalue weighted by atomic mass is 35.5. The number of amides is 1. The Kier molecular flexibility index (Phi) is 5.24. The molecule has 112 valence electrons. The SMILES string of the molecule is Cl.NC(CN1CCOC1=O)c1cccc(C(F)(F)F)c1. The van der Waals surface area contributed by atoms with Crippen molar-refractivity contribution in [1.29, 1.82) is 0 Å². The van der Waals surface area contributed by atoms with E-state index in [0.29, 0.717) is 12.1 Å². The Morgan fingerprint density at radius 3 is 2.65 bits per heavy atom. The molecule has 1 heterocycles. The third kappa shape index (κ3) is 3.77. The van der Waals surface area contributed by atoms with Gasteiger partial charge in [-0.25, -0.2) is 4.79 Å². The first-order chi connectivity index (χ1) is 8.88. The molecule has 2 rings (SSSR count). The van der Waals surface area contributed by atoms with Gasteiger partial charge in [0.25, 0.3) is 0 Å². The van der Waals surface area contributed by atoms with Crippen molar-refractivity contribution in [2.75, 3.05) is 19.7 Å². The lowest BCUT2D eigenvalue weighted by Gasteiger charge is -2.19. The Labute approximate surface area is 120 Å². The summed E-state index contributed by atoms with van der Waals surface area (Å²) in [6.07, 6.45) is -4.88. The molecule has 20 heavy (non-hydrogen) atoms. The molecule has 1 unspecified atom stereocenters. The number of hydrogen-bond acceptors (Lipinski definition) is 3. The monoisotopic (exact) mass is 310 g/mol. The van der Waals surface area contributed by atoms with Gasteiger partial charge in [0.05, 0.1) is 12.1 Å². The fourth-order valence-electron chi connectivity index (χ4n) is 1.88. The van der Waals surface area contributed by atoms with Crippen molar-refractivity contribution in [2.45, 2.75) is 12.2 Å². The number of nitrogens with zero attached hydrogens (tertiary/aromatic N) is 1. The summed E-state index contributed by atoms with van der Waals surface area (Å²) in [7, 11) is 0. The van der Waals surface area contributed by atoms with Crippen LogP contribution in [0, 0.1) is 0 Å². The van der Waals surface area contributed by atoms with E-state index in [2.05, 4.69) is 0 Å². The smallest absolute Gasteiger partial charge is 0.416 e. The number of cyclic esters (lactones) is 1. The molecular formula is C12H14ClF3N2O2. The van der Waals surface area contributed by atoms with E-state index in [4.69, 9.17) is 10.5 Å². The number of carbonyl (C=O) groups is 1. The number of benzene rings is 1. The van der Waals surface area contributed by atoms with Gasteiger partial charge in [0.15, 0.2) is 0 Å². The average molecular weight is 311 g/mol. The fourth-order valence-corrected chi connectivity index (χ4v) is 1.88. The van der Waals surface area contributed by atoms with E-state index in [9.17, 15) is 18.0 Å². The molecule has 1 atom stereocenters. The lowest BCUT2D eigenvalue weighted by atomic mass is 10.0. The van der Waals surface area contributed by atoms with Crippen molar-refractivity contribution in [2.24, 2.45) is 5.73 Å². The third-order valence-electron chi connectivity index (χ3n) is 2.90. The Morgan fingerprint density at radius 2 is 2.10 bits per heavy atom. The Bertz CT molecular complexity index is 482. The number of hydrogen-bond donors (Lipinski definition) is 1. The van der Waals surface area contributed by atoms with Gasteiger partial charge in [0.1, 0.15) is 6.61 Å². The van der Waals surface area contributed by atoms with Gasteiger partial charge in [-0.05, 0) is 17.7 Å². The van der Waals surface area contributed by atoms with E-state index in [1.165, 1.54) is 17.0 Å². The van der Waals surface area contributed by atoms with Crippen LogP contribution in [0.4, 0.5) is 18.0 Å². The molecule has 1 aromatic carbocycles. The molecule has 8 heteroatoms. The minimum Gasteiger partial charge on any atom is -0.448 e. The second-order valence-corrected chi connectivity index (χ2v) is 4.29. The highest BCUT2D eigenvalue weighted by molar-refractivity contribution is 5.85. The van der Waals surface area contributed by atoms with Gasteiger partial charge in [-0.3, -0.25) is 0 Å². The topological polar surface area (TPSA) is 55.6 Å². The van der Waals surface area contributed by atoms with Crippen LogP contribution in [0.1, 0.15) is 17.2 Å². The van der Waals surface area contributed by atoms with Crippen molar-refractivity contribution in [3.63, 3.8) is 0 Å². The lowest BCUT2D eigenvalue weighted by molar-refractivity contribution is -0.137. The van der Waals surface area contributed by atoms with Crippen LogP contribution in [-0.2, 0) is 10.9 Å². The summed E-state index contributed by atoms with van der Waals surface area (Å²) in [4.78, 5) is 12.6. The van der Waals surface area contributed by atoms with Crippen molar-refractivity contribution in [3.05, 3.63) is 35.4 Å². The zero-order chi connectivity index (χ0) is 14.0. The maximum atomic E-state index is 12.6. The van der Waals surface area contributed by atoms with Gasteiger partial charge in [-0.1, -0.05) is 12.1 Å². The molecule has 1 aliphatic heterocycles. The standard InChI is InChI=1S/C12H13F3N2O2.ClH/c13-12(14,15)9-3-1-2-8(6-9)10(16)7-17-4-5-19-11(17)18;/h1-3,6,10H,4-5,7,16H2;1H. The van der Waals surface area contributed by atoms with Crippen LogP contribution >= 0.6 is 12.4 Å². The molecule has 0 bridgehead atoms. The predicted molar refractivity (Wildman–Crippen MR) is 68.5 cm³/mol. The average Bonchev–Trinajstić information content (AvgIpc) is 2.74. The first-order valence-corrected chi connectivity index (χ1v) is 5.72. The number of ether oxygens (including phenoxy) is 1. The second-order valence-electron chi connectivity index (χ2n) is 4.29. The van der Waals surface area contributed by atoms with Crippen LogP contribution in [-0.4, -0.2) is 30.7 Å². The Balaban J connectivity index is 0.00000200. The molecule has 2 N–H and O–H groups in total. The van der Waals surface area contributed by atoms with Gasteiger partial charge in [0.2, 0.25) is 0 Å². The first kappa shape index (κ1) is 16.6. The highest BCUT2D eigenvalue weighted by Gasteiger charge is 2.31. The molecular weight excluding hydrogens is 297 g/mol. The molecule has 1 amide bonds. The van der Waals surface area contributed by atoms with Crippen LogP contribution in [0.5, 0.6) is 0 Å². The molecule has 1 fully saturated rings. The number of carbonyl (C=O) groups excluding carboxylic acids is 1. The molecule has 4 nitrogen and oxygen atoms in total. The predicted octanol–water partition coefficient (Wildman–Crippen LogP) is 2.58. The van der Waals surface area contributed by atoms with Crippen LogP contribution < -0.4 is 5.73 Å². The van der Waals surface area contributed by atoms with Crippen molar-refractivity contribution >= 4 is 18.5 Å². The van der Waals surface area contributed by atoms with Crippen molar-refractivity contribution in [3.8, 4) is 0 Å². The van der Waals surface area contributed by atoms with Gasteiger partial charge in [-0.2, -0.15) is 13.2 Å². The zero-order valence-electron chi connectivity index (χ0n) is 10.4. The van der Waals surface area contributed by atoms with Gasteiger partial charge in [0, 0.05) is 12.6 Å². The molecule has 0 aromatic heterocycles. The fraction of sp³-hybridized carbons (Fsp3) is 0.417. The largest absolute Gasteiger partial charge is 0.448 e. The summed E-state index contributed by atoms with van der Waals surface area (Å²) in [5.41, 5.74) is 5.43. The normalized spacial score (nSPS) is 16.6. The lowest BCUT2D eigenvalue weighted by Crippen LogP contribution is -2.32. The molecule has 1 saturated heterocycles. The number of rotatable bonds is 3. The van der Waals surface area contributed by atoms with E-state index >= 15 is 0 Å². The summed E-state index contributed by atoms with van der Waals surface area (Å²) < 4.78 is 42.5. The quantitative estimate of drug-likeness (QED) is 0.933. The molecule has 1 aromatic rings. The van der Waals surface area contributed by atoms with Crippen LogP contribution in [0.25, 0.3) is 0 Å². The van der Waals surface area contributed by atoms with E-state index in [0.717, 1.165) is 12.1 Å². The van der Waals surface area contributed by atoms with Crippen molar-refractivity contribution < 1.29 is 22.7 Å². The van der Waals surface area contributed by atoms with E-state index in [-0.39, 0.29) is 25.6 Å². The number of halogens is 4. The molecule has 1 aliphatic rings. The number of nitrogens with two attached hydrogens (primary N) is 1.